The summed E-state index contributed by atoms with van der Waals surface area (Å²) in [6.45, 7) is 12.2. The Labute approximate surface area is 116 Å². The lowest BCUT2D eigenvalue weighted by Gasteiger charge is -2.47. The molecule has 2 fully saturated rings. The number of carbonyl (C=O) groups excluding carboxylic acids is 2. The van der Waals surface area contributed by atoms with Crippen molar-refractivity contribution in [2.45, 2.75) is 26.8 Å². The molecule has 0 saturated carbocycles. The van der Waals surface area contributed by atoms with E-state index in [4.69, 9.17) is 4.79 Å². The van der Waals surface area contributed by atoms with Gasteiger partial charge in [-0.2, -0.15) is 0 Å². The largest absolute Gasteiger partial charge is 0.372 e. The van der Waals surface area contributed by atoms with Crippen LogP contribution < -0.4 is 5.73 Å². The summed E-state index contributed by atoms with van der Waals surface area (Å²) in [4.78, 5) is 26.4. The highest BCUT2D eigenvalue weighted by molar-refractivity contribution is 5.74. The van der Waals surface area contributed by atoms with Crippen LogP contribution in [-0.4, -0.2) is 79.4 Å². The van der Waals surface area contributed by atoms with Gasteiger partial charge < -0.3 is 15.5 Å². The van der Waals surface area contributed by atoms with Gasteiger partial charge in [0.25, 0.3) is 0 Å². The van der Waals surface area contributed by atoms with Gasteiger partial charge in [0.1, 0.15) is 0 Å². The maximum atomic E-state index is 11.0. The van der Waals surface area contributed by atoms with E-state index in [0.29, 0.717) is 6.04 Å². The van der Waals surface area contributed by atoms with E-state index in [1.807, 2.05) is 18.7 Å². The van der Waals surface area contributed by atoms with Gasteiger partial charge in [-0.25, -0.2) is 0 Å². The molecule has 2 aliphatic rings. The van der Waals surface area contributed by atoms with E-state index in [9.17, 15) is 4.79 Å². The van der Waals surface area contributed by atoms with Gasteiger partial charge in [-0.05, 0) is 7.05 Å². The Kier molecular flexibility index (Phi) is 9.16. The number of nitrogens with zero attached hydrogens (tertiary/aromatic N) is 3. The molecule has 2 amide bonds. The van der Waals surface area contributed by atoms with Gasteiger partial charge in [0.2, 0.25) is 12.3 Å². The monoisotopic (exact) mass is 272 g/mol. The molecule has 6 heteroatoms. The molecule has 0 bridgehead atoms. The smallest absolute Gasteiger partial charge is 0.219 e. The normalized spacial score (nSPS) is 20.3. The topological polar surface area (TPSA) is 69.9 Å². The summed E-state index contributed by atoms with van der Waals surface area (Å²) >= 11 is 0. The molecule has 0 spiro atoms. The number of likely N-dealkylation sites (N-methyl/N-ethyl adjacent to an activating group) is 1. The predicted octanol–water partition coefficient (Wildman–Crippen LogP) is -0.408. The molecular formula is C13H28N4O2. The van der Waals surface area contributed by atoms with Gasteiger partial charge in [0.15, 0.2) is 0 Å². The zero-order chi connectivity index (χ0) is 14.8. The van der Waals surface area contributed by atoms with Gasteiger partial charge in [-0.15, -0.1) is 0 Å². The van der Waals surface area contributed by atoms with E-state index < -0.39 is 0 Å². The molecule has 112 valence electrons. The molecule has 2 aliphatic heterocycles. The first-order valence-electron chi connectivity index (χ1n) is 6.92. The van der Waals surface area contributed by atoms with Crippen molar-refractivity contribution < 1.29 is 9.59 Å². The summed E-state index contributed by atoms with van der Waals surface area (Å²) in [5, 5.41) is 0. The molecule has 0 aromatic carbocycles. The van der Waals surface area contributed by atoms with Crippen molar-refractivity contribution in [2.75, 3.05) is 46.3 Å². The molecule has 0 radical (unpaired) electrons. The lowest BCUT2D eigenvalue weighted by molar-refractivity contribution is -0.136. The van der Waals surface area contributed by atoms with Crippen LogP contribution in [-0.2, 0) is 9.59 Å². The molecule has 0 aliphatic carbocycles. The number of nitrogens with two attached hydrogens (primary N) is 1. The van der Waals surface area contributed by atoms with Crippen LogP contribution in [0.5, 0.6) is 0 Å². The highest BCUT2D eigenvalue weighted by Crippen LogP contribution is 2.16. The second-order valence-electron chi connectivity index (χ2n) is 4.55. The van der Waals surface area contributed by atoms with Gasteiger partial charge in [0, 0.05) is 52.2 Å². The first kappa shape index (κ1) is 17.9. The number of rotatable bonds is 1. The fourth-order valence-corrected chi connectivity index (χ4v) is 2.13. The minimum atomic E-state index is 0.218. The Morgan fingerprint density at radius 3 is 1.95 bits per heavy atom. The van der Waals surface area contributed by atoms with E-state index in [1.54, 1.807) is 6.92 Å². The molecule has 0 aromatic heterocycles. The van der Waals surface area contributed by atoms with Crippen LogP contribution in [0, 0.1) is 0 Å². The van der Waals surface area contributed by atoms with Crippen molar-refractivity contribution in [3.63, 3.8) is 0 Å². The Morgan fingerprint density at radius 2 is 1.58 bits per heavy atom. The molecule has 0 aromatic rings. The quantitative estimate of drug-likeness (QED) is 0.659. The highest BCUT2D eigenvalue weighted by atomic mass is 16.2. The third-order valence-electron chi connectivity index (χ3n) is 3.36. The van der Waals surface area contributed by atoms with Crippen LogP contribution >= 0.6 is 0 Å². The Hall–Kier alpha value is -1.14. The number of primary amides is 1. The first-order chi connectivity index (χ1) is 9.08. The Morgan fingerprint density at radius 1 is 1.16 bits per heavy atom. The number of piperazine rings is 1. The van der Waals surface area contributed by atoms with Crippen molar-refractivity contribution in [3.8, 4) is 0 Å². The standard InChI is InChI=1S/C10H19N3O.C2H6.CH3NO/c1-9(14)13-7-10(8-13)12-5-3-11(2)4-6-12;1-2;2-1-3/h10H,3-8H2,1-2H3;1-2H3;1H,(H2,2,3). The molecule has 2 heterocycles. The van der Waals surface area contributed by atoms with Gasteiger partial charge >= 0.3 is 0 Å². The van der Waals surface area contributed by atoms with Crippen molar-refractivity contribution in [1.82, 2.24) is 14.7 Å². The molecule has 2 saturated heterocycles. The maximum Gasteiger partial charge on any atom is 0.219 e. The third-order valence-corrected chi connectivity index (χ3v) is 3.36. The molecule has 6 nitrogen and oxygen atoms in total. The van der Waals surface area contributed by atoms with Crippen LogP contribution in [0.1, 0.15) is 20.8 Å². The maximum absolute atomic E-state index is 11.0. The molecule has 0 atom stereocenters. The van der Waals surface area contributed by atoms with Gasteiger partial charge in [-0.1, -0.05) is 13.8 Å². The van der Waals surface area contributed by atoms with Gasteiger partial charge in [-0.3, -0.25) is 14.5 Å². The van der Waals surface area contributed by atoms with Crippen molar-refractivity contribution in [3.05, 3.63) is 0 Å². The van der Waals surface area contributed by atoms with Crippen LogP contribution in [0.4, 0.5) is 0 Å². The predicted molar refractivity (Wildman–Crippen MR) is 76.7 cm³/mol. The van der Waals surface area contributed by atoms with Crippen molar-refractivity contribution in [2.24, 2.45) is 5.73 Å². The van der Waals surface area contributed by atoms with E-state index in [2.05, 4.69) is 22.6 Å². The SMILES string of the molecule is CC.CC(=O)N1CC(N2CCN(C)CC2)C1.NC=O. The zero-order valence-electron chi connectivity index (χ0n) is 12.6. The average molecular weight is 272 g/mol. The molecule has 19 heavy (non-hydrogen) atoms. The van der Waals surface area contributed by atoms with E-state index in [1.165, 1.54) is 0 Å². The third kappa shape index (κ3) is 6.02. The van der Waals surface area contributed by atoms with E-state index in [0.717, 1.165) is 39.3 Å². The van der Waals surface area contributed by atoms with Crippen LogP contribution in [0.25, 0.3) is 0 Å². The van der Waals surface area contributed by atoms with E-state index >= 15 is 0 Å². The molecule has 2 rings (SSSR count). The minimum Gasteiger partial charge on any atom is -0.372 e. The highest BCUT2D eigenvalue weighted by Gasteiger charge is 2.33. The number of carbonyl (C=O) groups is 2. The second kappa shape index (κ2) is 9.75. The van der Waals surface area contributed by atoms with Crippen LogP contribution in [0.2, 0.25) is 0 Å². The minimum absolute atomic E-state index is 0.218. The summed E-state index contributed by atoms with van der Waals surface area (Å²) in [6.07, 6.45) is 0.250. The Balaban J connectivity index is 0.000000573. The van der Waals surface area contributed by atoms with Crippen LogP contribution in [0.15, 0.2) is 0 Å². The number of hydrogen-bond donors (Lipinski definition) is 1. The lowest BCUT2D eigenvalue weighted by Crippen LogP contribution is -2.63. The molecule has 0 unspecified atom stereocenters. The fraction of sp³-hybridized carbons (Fsp3) is 0.846. The summed E-state index contributed by atoms with van der Waals surface area (Å²) in [5.41, 5.74) is 4.17. The summed E-state index contributed by atoms with van der Waals surface area (Å²) < 4.78 is 0. The number of likely N-dealkylation sites (tertiary alicyclic amines) is 1. The average Bonchev–Trinajstić information content (AvgIpc) is 2.33. The second-order valence-corrected chi connectivity index (χ2v) is 4.55. The summed E-state index contributed by atoms with van der Waals surface area (Å²) in [6, 6.07) is 0.632. The van der Waals surface area contributed by atoms with E-state index in [-0.39, 0.29) is 12.3 Å². The Bertz CT molecular complexity index is 259. The van der Waals surface area contributed by atoms with Crippen LogP contribution in [0.3, 0.4) is 0 Å². The fourth-order valence-electron chi connectivity index (χ4n) is 2.13. The number of hydrogen-bond acceptors (Lipinski definition) is 4. The number of amides is 2. The van der Waals surface area contributed by atoms with Gasteiger partial charge in [0.05, 0.1) is 0 Å². The van der Waals surface area contributed by atoms with Crippen molar-refractivity contribution >= 4 is 12.3 Å². The summed E-state index contributed by atoms with van der Waals surface area (Å²) in [5.74, 6) is 0.218. The van der Waals surface area contributed by atoms with Crippen molar-refractivity contribution in [1.29, 1.82) is 0 Å². The molecular weight excluding hydrogens is 244 g/mol. The first-order valence-corrected chi connectivity index (χ1v) is 6.92. The zero-order valence-corrected chi connectivity index (χ0v) is 12.6. The molecule has 2 N–H and O–H groups in total. The lowest BCUT2D eigenvalue weighted by atomic mass is 10.1. The summed E-state index contributed by atoms with van der Waals surface area (Å²) in [7, 11) is 2.17.